The topological polar surface area (TPSA) is 6.48 Å². The number of anilines is 6. The molecule has 0 aliphatic carbocycles. The fourth-order valence-corrected chi connectivity index (χ4v) is 6.10. The number of nitrogens with zero attached hydrogens (tertiary/aromatic N) is 2. The standard InChI is InChI=1S/C46H38N2/c1-35-11-9-17-45(33-35)48(46-18-10-12-36(2)34-46)44-31-27-40(28-32-44)39-25-21-37(22-26-39)19-20-38-23-29-43(30-24-38)47(41-13-5-3-6-14-41)42-15-7-4-8-16-42/h3-34H,1-2H3/b20-19+. The Kier molecular flexibility index (Phi) is 8.97. The van der Waals surface area contributed by atoms with Gasteiger partial charge >= 0.3 is 0 Å². The van der Waals surface area contributed by atoms with Crippen molar-refractivity contribution in [2.24, 2.45) is 0 Å². The maximum absolute atomic E-state index is 2.32. The molecular weight excluding hydrogens is 581 g/mol. The van der Waals surface area contributed by atoms with E-state index in [0.717, 1.165) is 39.7 Å². The maximum atomic E-state index is 2.32. The molecule has 2 nitrogen and oxygen atoms in total. The minimum absolute atomic E-state index is 1.13. The van der Waals surface area contributed by atoms with E-state index in [0.29, 0.717) is 0 Å². The second kappa shape index (κ2) is 14.1. The van der Waals surface area contributed by atoms with Gasteiger partial charge < -0.3 is 9.80 Å². The summed E-state index contributed by atoms with van der Waals surface area (Å²) in [6.45, 7) is 4.28. The average molecular weight is 619 g/mol. The third kappa shape index (κ3) is 6.99. The third-order valence-electron chi connectivity index (χ3n) is 8.54. The molecule has 0 heterocycles. The monoisotopic (exact) mass is 618 g/mol. The van der Waals surface area contributed by atoms with Gasteiger partial charge in [-0.25, -0.2) is 0 Å². The first kappa shape index (κ1) is 30.5. The Hall–Kier alpha value is -6.12. The minimum atomic E-state index is 1.13. The second-order valence-electron chi connectivity index (χ2n) is 12.1. The molecule has 7 rings (SSSR count). The minimum Gasteiger partial charge on any atom is -0.311 e. The molecule has 0 amide bonds. The van der Waals surface area contributed by atoms with E-state index >= 15 is 0 Å². The van der Waals surface area contributed by atoms with Gasteiger partial charge in [-0.3, -0.25) is 0 Å². The summed E-state index contributed by atoms with van der Waals surface area (Å²) in [7, 11) is 0. The van der Waals surface area contributed by atoms with Crippen LogP contribution >= 0.6 is 0 Å². The maximum Gasteiger partial charge on any atom is 0.0464 e. The molecule has 48 heavy (non-hydrogen) atoms. The van der Waals surface area contributed by atoms with E-state index < -0.39 is 0 Å². The molecule has 0 bridgehead atoms. The SMILES string of the molecule is Cc1cccc(N(c2ccc(-c3ccc(/C=C/c4ccc(N(c5ccccc5)c5ccccc5)cc4)cc3)cc2)c2cccc(C)c2)c1. The molecule has 0 spiro atoms. The smallest absolute Gasteiger partial charge is 0.0464 e. The summed E-state index contributed by atoms with van der Waals surface area (Å²) >= 11 is 0. The van der Waals surface area contributed by atoms with Crippen molar-refractivity contribution >= 4 is 46.3 Å². The van der Waals surface area contributed by atoms with Crippen LogP contribution < -0.4 is 9.80 Å². The van der Waals surface area contributed by atoms with Crippen molar-refractivity contribution in [2.45, 2.75) is 13.8 Å². The van der Waals surface area contributed by atoms with Crippen molar-refractivity contribution in [3.8, 4) is 11.1 Å². The van der Waals surface area contributed by atoms with E-state index in [1.54, 1.807) is 0 Å². The Labute approximate surface area is 284 Å². The van der Waals surface area contributed by atoms with Crippen LogP contribution in [0.25, 0.3) is 23.3 Å². The first-order valence-electron chi connectivity index (χ1n) is 16.4. The third-order valence-corrected chi connectivity index (χ3v) is 8.54. The highest BCUT2D eigenvalue weighted by atomic mass is 15.1. The highest BCUT2D eigenvalue weighted by molar-refractivity contribution is 5.80. The predicted molar refractivity (Wildman–Crippen MR) is 206 cm³/mol. The summed E-state index contributed by atoms with van der Waals surface area (Å²) in [5.41, 5.74) is 14.0. The predicted octanol–water partition coefficient (Wildman–Crippen LogP) is 13.1. The fourth-order valence-electron chi connectivity index (χ4n) is 6.10. The lowest BCUT2D eigenvalue weighted by molar-refractivity contribution is 1.26. The van der Waals surface area contributed by atoms with Crippen molar-refractivity contribution in [1.82, 2.24) is 0 Å². The van der Waals surface area contributed by atoms with Crippen LogP contribution in [-0.4, -0.2) is 0 Å². The molecular formula is C46H38N2. The molecule has 2 heteroatoms. The van der Waals surface area contributed by atoms with Crippen LogP contribution in [0.1, 0.15) is 22.3 Å². The summed E-state index contributed by atoms with van der Waals surface area (Å²) in [6.07, 6.45) is 4.35. The number of para-hydroxylation sites is 2. The Morgan fingerprint density at radius 1 is 0.312 bits per heavy atom. The van der Waals surface area contributed by atoms with Gasteiger partial charge in [-0.05, 0) is 120 Å². The molecule has 0 saturated carbocycles. The van der Waals surface area contributed by atoms with E-state index in [1.807, 2.05) is 0 Å². The van der Waals surface area contributed by atoms with Crippen molar-refractivity contribution in [3.63, 3.8) is 0 Å². The van der Waals surface area contributed by atoms with Crippen molar-refractivity contribution in [3.05, 3.63) is 204 Å². The Morgan fingerprint density at radius 2 is 0.646 bits per heavy atom. The molecule has 7 aromatic carbocycles. The van der Waals surface area contributed by atoms with Gasteiger partial charge in [-0.2, -0.15) is 0 Å². The van der Waals surface area contributed by atoms with Gasteiger partial charge in [0.05, 0.1) is 0 Å². The van der Waals surface area contributed by atoms with Crippen molar-refractivity contribution < 1.29 is 0 Å². The zero-order valence-electron chi connectivity index (χ0n) is 27.4. The van der Waals surface area contributed by atoms with E-state index in [4.69, 9.17) is 0 Å². The molecule has 0 N–H and O–H groups in total. The van der Waals surface area contributed by atoms with Crippen LogP contribution in [0, 0.1) is 13.8 Å². The zero-order chi connectivity index (χ0) is 32.7. The number of hydrogen-bond donors (Lipinski definition) is 0. The molecule has 232 valence electrons. The highest BCUT2D eigenvalue weighted by Crippen LogP contribution is 2.37. The Balaban J connectivity index is 1.07. The molecule has 0 aromatic heterocycles. The lowest BCUT2D eigenvalue weighted by Crippen LogP contribution is -2.10. The van der Waals surface area contributed by atoms with Crippen molar-refractivity contribution in [2.75, 3.05) is 9.80 Å². The molecule has 0 atom stereocenters. The van der Waals surface area contributed by atoms with Crippen LogP contribution in [-0.2, 0) is 0 Å². The normalized spacial score (nSPS) is 11.0. The molecule has 0 radical (unpaired) electrons. The summed E-state index contributed by atoms with van der Waals surface area (Å²) in [6, 6.07) is 64.7. The lowest BCUT2D eigenvalue weighted by atomic mass is 10.0. The second-order valence-corrected chi connectivity index (χ2v) is 12.1. The molecule has 7 aromatic rings. The van der Waals surface area contributed by atoms with Gasteiger partial charge in [0, 0.05) is 34.1 Å². The van der Waals surface area contributed by atoms with Gasteiger partial charge in [0.1, 0.15) is 0 Å². The average Bonchev–Trinajstić information content (AvgIpc) is 3.13. The van der Waals surface area contributed by atoms with E-state index in [-0.39, 0.29) is 0 Å². The summed E-state index contributed by atoms with van der Waals surface area (Å²) in [4.78, 5) is 4.60. The molecule has 0 aliphatic rings. The molecule has 0 aliphatic heterocycles. The number of aryl methyl sites for hydroxylation is 2. The van der Waals surface area contributed by atoms with Gasteiger partial charge in [-0.15, -0.1) is 0 Å². The van der Waals surface area contributed by atoms with Gasteiger partial charge in [-0.1, -0.05) is 121 Å². The van der Waals surface area contributed by atoms with E-state index in [2.05, 4.69) is 218 Å². The van der Waals surface area contributed by atoms with Crippen molar-refractivity contribution in [1.29, 1.82) is 0 Å². The van der Waals surface area contributed by atoms with Crippen LogP contribution in [0.3, 0.4) is 0 Å². The molecule has 0 fully saturated rings. The Bertz CT molecular complexity index is 2030. The summed E-state index contributed by atoms with van der Waals surface area (Å²) in [5.74, 6) is 0. The quantitative estimate of drug-likeness (QED) is 0.149. The first-order chi connectivity index (χ1) is 23.6. The van der Waals surface area contributed by atoms with E-state index in [9.17, 15) is 0 Å². The van der Waals surface area contributed by atoms with Crippen LogP contribution in [0.4, 0.5) is 34.1 Å². The first-order valence-corrected chi connectivity index (χ1v) is 16.4. The van der Waals surface area contributed by atoms with E-state index in [1.165, 1.54) is 27.8 Å². The van der Waals surface area contributed by atoms with Gasteiger partial charge in [0.15, 0.2) is 0 Å². The number of benzene rings is 7. The van der Waals surface area contributed by atoms with Crippen LogP contribution in [0.2, 0.25) is 0 Å². The zero-order valence-corrected chi connectivity index (χ0v) is 27.4. The van der Waals surface area contributed by atoms with Gasteiger partial charge in [0.2, 0.25) is 0 Å². The molecule has 0 saturated heterocycles. The number of rotatable bonds is 9. The van der Waals surface area contributed by atoms with Crippen LogP contribution in [0.15, 0.2) is 182 Å². The van der Waals surface area contributed by atoms with Crippen LogP contribution in [0.5, 0.6) is 0 Å². The Morgan fingerprint density at radius 3 is 1.08 bits per heavy atom. The summed E-state index contributed by atoms with van der Waals surface area (Å²) in [5, 5.41) is 0. The highest BCUT2D eigenvalue weighted by Gasteiger charge is 2.14. The fraction of sp³-hybridized carbons (Fsp3) is 0.0435. The van der Waals surface area contributed by atoms with Gasteiger partial charge in [0.25, 0.3) is 0 Å². The molecule has 0 unspecified atom stereocenters. The number of hydrogen-bond acceptors (Lipinski definition) is 2. The largest absolute Gasteiger partial charge is 0.311 e. The lowest BCUT2D eigenvalue weighted by Gasteiger charge is -2.26. The summed E-state index contributed by atoms with van der Waals surface area (Å²) < 4.78 is 0.